The molecule has 16 heavy (non-hydrogen) atoms. The van der Waals surface area contributed by atoms with Gasteiger partial charge < -0.3 is 15.6 Å². The second-order valence-corrected chi connectivity index (χ2v) is 4.01. The smallest absolute Gasteiger partial charge is 0.165 e. The lowest BCUT2D eigenvalue weighted by molar-refractivity contribution is 0.777. The van der Waals surface area contributed by atoms with E-state index in [0.717, 1.165) is 22.8 Å². The van der Waals surface area contributed by atoms with Crippen LogP contribution in [0.1, 0.15) is 12.7 Å². The van der Waals surface area contributed by atoms with Crippen LogP contribution in [0.2, 0.25) is 0 Å². The second-order valence-electron chi connectivity index (χ2n) is 4.01. The third-order valence-corrected chi connectivity index (χ3v) is 2.26. The van der Waals surface area contributed by atoms with E-state index in [2.05, 4.69) is 20.3 Å². The van der Waals surface area contributed by atoms with Crippen LogP contribution in [0.3, 0.4) is 0 Å². The third kappa shape index (κ3) is 1.96. The maximum absolute atomic E-state index is 5.70. The first-order valence-electron chi connectivity index (χ1n) is 5.23. The Labute approximate surface area is 93.9 Å². The van der Waals surface area contributed by atoms with Crippen LogP contribution < -0.4 is 11.1 Å². The molecule has 2 rings (SSSR count). The highest BCUT2D eigenvalue weighted by Crippen LogP contribution is 2.17. The standard InChI is InChI=1S/C10H16N6/c1-6(11)4-12-9-8-10(15-7(2)14-9)16(3)5-13-8/h5-6H,4,11H2,1-3H3,(H,12,14,15). The normalized spacial score (nSPS) is 13.0. The summed E-state index contributed by atoms with van der Waals surface area (Å²) in [5.41, 5.74) is 7.31. The van der Waals surface area contributed by atoms with Crippen molar-refractivity contribution < 1.29 is 0 Å². The molecule has 86 valence electrons. The number of hydrogen-bond acceptors (Lipinski definition) is 5. The van der Waals surface area contributed by atoms with Gasteiger partial charge in [-0.25, -0.2) is 15.0 Å². The monoisotopic (exact) mass is 220 g/mol. The number of rotatable bonds is 3. The molecular weight excluding hydrogens is 204 g/mol. The van der Waals surface area contributed by atoms with Crippen molar-refractivity contribution in [2.24, 2.45) is 12.8 Å². The molecule has 2 heterocycles. The number of aromatic nitrogens is 4. The summed E-state index contributed by atoms with van der Waals surface area (Å²) in [6, 6.07) is 0.0778. The maximum Gasteiger partial charge on any atom is 0.165 e. The molecule has 6 nitrogen and oxygen atoms in total. The summed E-state index contributed by atoms with van der Waals surface area (Å²) in [5.74, 6) is 1.48. The first-order chi connectivity index (χ1) is 7.58. The summed E-state index contributed by atoms with van der Waals surface area (Å²) in [6.45, 7) is 4.47. The van der Waals surface area contributed by atoms with E-state index in [1.54, 1.807) is 6.33 Å². The van der Waals surface area contributed by atoms with E-state index in [4.69, 9.17) is 5.73 Å². The Kier molecular flexibility index (Phi) is 2.74. The van der Waals surface area contributed by atoms with Gasteiger partial charge in [-0.1, -0.05) is 0 Å². The molecule has 0 saturated heterocycles. The lowest BCUT2D eigenvalue weighted by atomic mass is 10.3. The van der Waals surface area contributed by atoms with Crippen LogP contribution in [-0.4, -0.2) is 32.1 Å². The Balaban J connectivity index is 2.43. The molecule has 0 aliphatic rings. The van der Waals surface area contributed by atoms with Gasteiger partial charge in [0.25, 0.3) is 0 Å². The Bertz CT molecular complexity index is 501. The van der Waals surface area contributed by atoms with Crippen LogP contribution in [0.15, 0.2) is 6.33 Å². The fourth-order valence-corrected chi connectivity index (χ4v) is 1.50. The topological polar surface area (TPSA) is 81.6 Å². The van der Waals surface area contributed by atoms with Crippen molar-refractivity contribution in [2.75, 3.05) is 11.9 Å². The van der Waals surface area contributed by atoms with Crippen molar-refractivity contribution in [3.63, 3.8) is 0 Å². The molecule has 6 heteroatoms. The first-order valence-corrected chi connectivity index (χ1v) is 5.23. The molecule has 0 aromatic carbocycles. The van der Waals surface area contributed by atoms with Gasteiger partial charge in [0.15, 0.2) is 11.5 Å². The predicted octanol–water partition coefficient (Wildman–Crippen LogP) is 0.431. The Morgan fingerprint density at radius 3 is 2.94 bits per heavy atom. The maximum atomic E-state index is 5.70. The number of imidazole rings is 1. The van der Waals surface area contributed by atoms with Gasteiger partial charge in [-0.2, -0.15) is 0 Å². The van der Waals surface area contributed by atoms with E-state index in [9.17, 15) is 0 Å². The van der Waals surface area contributed by atoms with E-state index >= 15 is 0 Å². The van der Waals surface area contributed by atoms with Crippen molar-refractivity contribution in [2.45, 2.75) is 19.9 Å². The van der Waals surface area contributed by atoms with E-state index in [-0.39, 0.29) is 6.04 Å². The summed E-state index contributed by atoms with van der Waals surface area (Å²) >= 11 is 0. The minimum absolute atomic E-state index is 0.0778. The molecule has 0 bridgehead atoms. The molecule has 0 amide bonds. The molecule has 1 unspecified atom stereocenters. The number of nitrogens with two attached hydrogens (primary N) is 1. The Hall–Kier alpha value is -1.69. The zero-order chi connectivity index (χ0) is 11.7. The van der Waals surface area contributed by atoms with E-state index in [0.29, 0.717) is 6.54 Å². The highest BCUT2D eigenvalue weighted by Gasteiger charge is 2.09. The van der Waals surface area contributed by atoms with Gasteiger partial charge in [-0.15, -0.1) is 0 Å². The minimum atomic E-state index is 0.0778. The molecule has 0 aliphatic heterocycles. The third-order valence-electron chi connectivity index (χ3n) is 2.26. The molecule has 2 aromatic rings. The SMILES string of the molecule is Cc1nc(NCC(C)N)c2ncn(C)c2n1. The number of hydrogen-bond donors (Lipinski definition) is 2. The van der Waals surface area contributed by atoms with Crippen LogP contribution in [0, 0.1) is 6.92 Å². The number of nitrogens with one attached hydrogen (secondary N) is 1. The van der Waals surface area contributed by atoms with Crippen molar-refractivity contribution in [3.05, 3.63) is 12.2 Å². The molecule has 2 aromatic heterocycles. The number of aryl methyl sites for hydroxylation is 2. The van der Waals surface area contributed by atoms with Crippen LogP contribution in [0.4, 0.5) is 5.82 Å². The van der Waals surface area contributed by atoms with Crippen molar-refractivity contribution in [1.29, 1.82) is 0 Å². The summed E-state index contributed by atoms with van der Waals surface area (Å²) in [5, 5.41) is 3.19. The number of anilines is 1. The second kappa shape index (κ2) is 4.05. The molecule has 0 fully saturated rings. The number of nitrogens with zero attached hydrogens (tertiary/aromatic N) is 4. The average molecular weight is 220 g/mol. The van der Waals surface area contributed by atoms with Crippen LogP contribution in [0.25, 0.3) is 11.2 Å². The van der Waals surface area contributed by atoms with Crippen molar-refractivity contribution in [1.82, 2.24) is 19.5 Å². The summed E-state index contributed by atoms with van der Waals surface area (Å²) in [4.78, 5) is 12.9. The van der Waals surface area contributed by atoms with Gasteiger partial charge in [0.1, 0.15) is 11.3 Å². The van der Waals surface area contributed by atoms with E-state index < -0.39 is 0 Å². The number of fused-ring (bicyclic) bond motifs is 1. The fraction of sp³-hybridized carbons (Fsp3) is 0.500. The van der Waals surface area contributed by atoms with Crippen LogP contribution in [-0.2, 0) is 7.05 Å². The predicted molar refractivity (Wildman–Crippen MR) is 63.2 cm³/mol. The minimum Gasteiger partial charge on any atom is -0.367 e. The van der Waals surface area contributed by atoms with Crippen molar-refractivity contribution >= 4 is 17.0 Å². The molecular formula is C10H16N6. The zero-order valence-corrected chi connectivity index (χ0v) is 9.73. The molecule has 0 aliphatic carbocycles. The Morgan fingerprint density at radius 2 is 2.25 bits per heavy atom. The van der Waals surface area contributed by atoms with Gasteiger partial charge in [0.05, 0.1) is 6.33 Å². The average Bonchev–Trinajstić information content (AvgIpc) is 2.57. The lowest BCUT2D eigenvalue weighted by Crippen LogP contribution is -2.25. The van der Waals surface area contributed by atoms with Gasteiger partial charge in [-0.3, -0.25) is 0 Å². The van der Waals surface area contributed by atoms with Gasteiger partial charge in [-0.05, 0) is 13.8 Å². The van der Waals surface area contributed by atoms with Gasteiger partial charge in [0.2, 0.25) is 0 Å². The first kappa shape index (κ1) is 10.8. The fourth-order valence-electron chi connectivity index (χ4n) is 1.50. The molecule has 3 N–H and O–H groups in total. The van der Waals surface area contributed by atoms with Crippen molar-refractivity contribution in [3.8, 4) is 0 Å². The van der Waals surface area contributed by atoms with Crippen LogP contribution >= 0.6 is 0 Å². The van der Waals surface area contributed by atoms with E-state index in [1.807, 2.05) is 25.5 Å². The van der Waals surface area contributed by atoms with Crippen LogP contribution in [0.5, 0.6) is 0 Å². The summed E-state index contributed by atoms with van der Waals surface area (Å²) in [7, 11) is 1.91. The highest BCUT2D eigenvalue weighted by atomic mass is 15.1. The lowest BCUT2D eigenvalue weighted by Gasteiger charge is -2.09. The molecule has 1 atom stereocenters. The largest absolute Gasteiger partial charge is 0.367 e. The van der Waals surface area contributed by atoms with Gasteiger partial charge >= 0.3 is 0 Å². The summed E-state index contributed by atoms with van der Waals surface area (Å²) in [6.07, 6.45) is 1.73. The molecule has 0 saturated carbocycles. The molecule has 0 radical (unpaired) electrons. The van der Waals surface area contributed by atoms with E-state index in [1.165, 1.54) is 0 Å². The van der Waals surface area contributed by atoms with Gasteiger partial charge in [0, 0.05) is 19.6 Å². The highest BCUT2D eigenvalue weighted by molar-refractivity contribution is 5.82. The zero-order valence-electron chi connectivity index (χ0n) is 9.73. The quantitative estimate of drug-likeness (QED) is 0.784. The summed E-state index contributed by atoms with van der Waals surface area (Å²) < 4.78 is 1.88. The Morgan fingerprint density at radius 1 is 1.50 bits per heavy atom. The molecule has 0 spiro atoms.